The Morgan fingerprint density at radius 1 is 1.25 bits per heavy atom. The van der Waals surface area contributed by atoms with Crippen molar-refractivity contribution in [1.82, 2.24) is 19.9 Å². The fourth-order valence-electron chi connectivity index (χ4n) is 1.90. The van der Waals surface area contributed by atoms with Crippen LogP contribution in [0, 0.1) is 0 Å². The Kier molecular flexibility index (Phi) is 4.38. The van der Waals surface area contributed by atoms with Gasteiger partial charge in [-0.3, -0.25) is 0 Å². The highest BCUT2D eigenvalue weighted by atomic mass is 16.6. The van der Waals surface area contributed by atoms with Crippen LogP contribution in [0.4, 0.5) is 16.7 Å². The van der Waals surface area contributed by atoms with Crippen LogP contribution in [0.15, 0.2) is 0 Å². The van der Waals surface area contributed by atoms with Gasteiger partial charge in [-0.05, 0) is 6.92 Å². The molecule has 0 aromatic carbocycles. The van der Waals surface area contributed by atoms with Crippen LogP contribution >= 0.6 is 0 Å². The highest BCUT2D eigenvalue weighted by molar-refractivity contribution is 5.68. The van der Waals surface area contributed by atoms with E-state index in [1.165, 1.54) is 7.11 Å². The number of amides is 1. The lowest BCUT2D eigenvalue weighted by Gasteiger charge is -2.33. The van der Waals surface area contributed by atoms with Gasteiger partial charge in [0.25, 0.3) is 0 Å². The summed E-state index contributed by atoms with van der Waals surface area (Å²) >= 11 is 0. The molecule has 0 saturated carbocycles. The first-order chi connectivity index (χ1) is 9.63. The number of carbonyl (C=O) groups is 1. The van der Waals surface area contributed by atoms with Gasteiger partial charge in [0.15, 0.2) is 0 Å². The minimum absolute atomic E-state index is 0.111. The summed E-state index contributed by atoms with van der Waals surface area (Å²) in [6.07, 6.45) is -0.292. The average molecular weight is 282 g/mol. The Labute approximate surface area is 116 Å². The number of aromatic nitrogens is 3. The molecule has 1 aromatic heterocycles. The van der Waals surface area contributed by atoms with Gasteiger partial charge in [-0.2, -0.15) is 15.0 Å². The molecule has 2 N–H and O–H groups in total. The molecule has 110 valence electrons. The van der Waals surface area contributed by atoms with E-state index in [4.69, 9.17) is 15.2 Å². The van der Waals surface area contributed by atoms with Crippen molar-refractivity contribution in [3.8, 4) is 6.01 Å². The topological polar surface area (TPSA) is 107 Å². The zero-order chi connectivity index (χ0) is 14.5. The van der Waals surface area contributed by atoms with E-state index in [9.17, 15) is 4.79 Å². The molecule has 0 aliphatic carbocycles. The third kappa shape index (κ3) is 3.16. The molecule has 1 aromatic rings. The fraction of sp³-hybridized carbons (Fsp3) is 0.636. The third-order valence-electron chi connectivity index (χ3n) is 2.89. The van der Waals surface area contributed by atoms with Crippen LogP contribution in [0.25, 0.3) is 0 Å². The number of nitrogens with two attached hydrogens (primary N) is 1. The molecule has 20 heavy (non-hydrogen) atoms. The zero-order valence-electron chi connectivity index (χ0n) is 11.6. The molecule has 1 saturated heterocycles. The summed E-state index contributed by atoms with van der Waals surface area (Å²) in [5, 5.41) is 0. The second kappa shape index (κ2) is 6.22. The van der Waals surface area contributed by atoms with E-state index in [-0.39, 0.29) is 18.1 Å². The molecule has 0 radical (unpaired) electrons. The number of ether oxygens (including phenoxy) is 2. The first-order valence-electron chi connectivity index (χ1n) is 6.36. The molecule has 0 unspecified atom stereocenters. The predicted octanol–water partition coefficient (Wildman–Crippen LogP) is -0.259. The number of nitrogen functional groups attached to an aromatic ring is 1. The number of carbonyl (C=O) groups excluding carboxylic acids is 1. The maximum Gasteiger partial charge on any atom is 0.409 e. The van der Waals surface area contributed by atoms with Crippen LogP contribution in [0.3, 0.4) is 0 Å². The van der Waals surface area contributed by atoms with Crippen molar-refractivity contribution in [2.45, 2.75) is 6.92 Å². The first kappa shape index (κ1) is 14.1. The lowest BCUT2D eigenvalue weighted by Crippen LogP contribution is -2.49. The molecule has 0 atom stereocenters. The van der Waals surface area contributed by atoms with Gasteiger partial charge in [0.1, 0.15) is 0 Å². The van der Waals surface area contributed by atoms with Gasteiger partial charge in [0.05, 0.1) is 13.7 Å². The standard InChI is InChI=1S/C11H18N6O3/c1-3-20-11(18)17-6-4-16(5-7-17)9-13-8(12)14-10(15-9)19-2/h3-7H2,1-2H3,(H2,12,13,14,15). The number of anilines is 2. The summed E-state index contributed by atoms with van der Waals surface area (Å²) in [6, 6.07) is 0.181. The van der Waals surface area contributed by atoms with E-state index in [1.807, 2.05) is 4.90 Å². The smallest absolute Gasteiger partial charge is 0.409 e. The summed E-state index contributed by atoms with van der Waals surface area (Å²) < 4.78 is 9.93. The summed E-state index contributed by atoms with van der Waals surface area (Å²) in [5.41, 5.74) is 5.60. The molecule has 9 heteroatoms. The Bertz CT molecular complexity index is 475. The Balaban J connectivity index is 2.00. The number of nitrogens with zero attached hydrogens (tertiary/aromatic N) is 5. The zero-order valence-corrected chi connectivity index (χ0v) is 11.6. The molecule has 1 fully saturated rings. The van der Waals surface area contributed by atoms with Crippen molar-refractivity contribution in [3.05, 3.63) is 0 Å². The van der Waals surface area contributed by atoms with Crippen molar-refractivity contribution in [2.75, 3.05) is 50.5 Å². The molecular weight excluding hydrogens is 264 g/mol. The van der Waals surface area contributed by atoms with Crippen LogP contribution in [-0.2, 0) is 4.74 Å². The maximum atomic E-state index is 11.6. The van der Waals surface area contributed by atoms with Gasteiger partial charge >= 0.3 is 12.1 Å². The molecule has 1 amide bonds. The van der Waals surface area contributed by atoms with Crippen LogP contribution in [0.2, 0.25) is 0 Å². The van der Waals surface area contributed by atoms with E-state index in [0.717, 1.165) is 0 Å². The van der Waals surface area contributed by atoms with E-state index >= 15 is 0 Å². The maximum absolute atomic E-state index is 11.6. The summed E-state index contributed by atoms with van der Waals surface area (Å²) in [5.74, 6) is 0.567. The fourth-order valence-corrected chi connectivity index (χ4v) is 1.90. The minimum atomic E-state index is -0.292. The second-order valence-corrected chi connectivity index (χ2v) is 4.15. The number of piperazine rings is 1. The highest BCUT2D eigenvalue weighted by Gasteiger charge is 2.24. The molecule has 1 aliphatic rings. The van der Waals surface area contributed by atoms with E-state index < -0.39 is 0 Å². The highest BCUT2D eigenvalue weighted by Crippen LogP contribution is 2.15. The van der Waals surface area contributed by atoms with Crippen molar-refractivity contribution < 1.29 is 14.3 Å². The van der Waals surface area contributed by atoms with Gasteiger partial charge in [-0.25, -0.2) is 4.79 Å². The van der Waals surface area contributed by atoms with E-state index in [2.05, 4.69) is 15.0 Å². The monoisotopic (exact) mass is 282 g/mol. The summed E-state index contributed by atoms with van der Waals surface area (Å²) in [7, 11) is 1.47. The first-order valence-corrected chi connectivity index (χ1v) is 6.36. The molecule has 1 aliphatic heterocycles. The lowest BCUT2D eigenvalue weighted by atomic mass is 10.3. The quantitative estimate of drug-likeness (QED) is 0.808. The van der Waals surface area contributed by atoms with Gasteiger partial charge in [0, 0.05) is 26.2 Å². The summed E-state index contributed by atoms with van der Waals surface area (Å²) in [6.45, 7) is 4.46. The molecule has 0 bridgehead atoms. The number of methoxy groups -OCH3 is 1. The molecule has 9 nitrogen and oxygen atoms in total. The minimum Gasteiger partial charge on any atom is -0.467 e. The second-order valence-electron chi connectivity index (χ2n) is 4.15. The SMILES string of the molecule is CCOC(=O)N1CCN(c2nc(N)nc(OC)n2)CC1. The van der Waals surface area contributed by atoms with Crippen LogP contribution in [0.1, 0.15) is 6.92 Å². The van der Waals surface area contributed by atoms with Gasteiger partial charge < -0.3 is 25.0 Å². The molecular formula is C11H18N6O3. The number of hydrogen-bond acceptors (Lipinski definition) is 8. The normalized spacial score (nSPS) is 15.1. The van der Waals surface area contributed by atoms with Crippen molar-refractivity contribution in [1.29, 1.82) is 0 Å². The van der Waals surface area contributed by atoms with Crippen molar-refractivity contribution >= 4 is 18.0 Å². The Hall–Kier alpha value is -2.32. The van der Waals surface area contributed by atoms with Gasteiger partial charge in [0.2, 0.25) is 11.9 Å². The van der Waals surface area contributed by atoms with E-state index in [0.29, 0.717) is 38.7 Å². The number of rotatable bonds is 3. The van der Waals surface area contributed by atoms with Crippen molar-refractivity contribution in [3.63, 3.8) is 0 Å². The third-order valence-corrected chi connectivity index (χ3v) is 2.89. The average Bonchev–Trinajstić information content (AvgIpc) is 2.47. The van der Waals surface area contributed by atoms with Crippen molar-refractivity contribution in [2.24, 2.45) is 0 Å². The van der Waals surface area contributed by atoms with Crippen LogP contribution in [0.5, 0.6) is 6.01 Å². The Morgan fingerprint density at radius 3 is 2.55 bits per heavy atom. The van der Waals surface area contributed by atoms with E-state index in [1.54, 1.807) is 11.8 Å². The van der Waals surface area contributed by atoms with Gasteiger partial charge in [-0.15, -0.1) is 0 Å². The molecule has 0 spiro atoms. The van der Waals surface area contributed by atoms with Crippen LogP contribution < -0.4 is 15.4 Å². The molecule has 2 heterocycles. The summed E-state index contributed by atoms with van der Waals surface area (Å²) in [4.78, 5) is 27.2. The largest absolute Gasteiger partial charge is 0.467 e. The van der Waals surface area contributed by atoms with Gasteiger partial charge in [-0.1, -0.05) is 0 Å². The Morgan fingerprint density at radius 2 is 1.95 bits per heavy atom. The predicted molar refractivity (Wildman–Crippen MR) is 71.6 cm³/mol. The number of hydrogen-bond donors (Lipinski definition) is 1. The van der Waals surface area contributed by atoms with Crippen LogP contribution in [-0.4, -0.2) is 65.8 Å². The molecule has 2 rings (SSSR count). The lowest BCUT2D eigenvalue weighted by molar-refractivity contribution is 0.105.